The highest BCUT2D eigenvalue weighted by Gasteiger charge is 2.24. The van der Waals surface area contributed by atoms with Gasteiger partial charge in [0, 0.05) is 43.3 Å². The summed E-state index contributed by atoms with van der Waals surface area (Å²) in [5.74, 6) is 1.09. The smallest absolute Gasteiger partial charge is 0.317 e. The van der Waals surface area contributed by atoms with Gasteiger partial charge in [0.25, 0.3) is 5.91 Å². The predicted octanol–water partition coefficient (Wildman–Crippen LogP) is 1.54. The molecule has 0 radical (unpaired) electrons. The fourth-order valence-corrected chi connectivity index (χ4v) is 3.56. The van der Waals surface area contributed by atoms with Crippen LogP contribution in [0.15, 0.2) is 29.8 Å². The van der Waals surface area contributed by atoms with Gasteiger partial charge in [0.1, 0.15) is 5.01 Å². The van der Waals surface area contributed by atoms with Crippen molar-refractivity contribution in [3.63, 3.8) is 0 Å². The Labute approximate surface area is 154 Å². The Morgan fingerprint density at radius 3 is 3.00 bits per heavy atom. The number of hydrogen-bond donors (Lipinski definition) is 1. The quantitative estimate of drug-likeness (QED) is 0.829. The van der Waals surface area contributed by atoms with E-state index >= 15 is 0 Å². The first-order chi connectivity index (χ1) is 12.7. The molecule has 2 aliphatic heterocycles. The molecule has 4 rings (SSSR count). The number of ether oxygens (including phenoxy) is 2. The molecule has 1 aromatic carbocycles. The summed E-state index contributed by atoms with van der Waals surface area (Å²) in [7, 11) is 0. The number of nitrogens with one attached hydrogen (secondary N) is 1. The van der Waals surface area contributed by atoms with Gasteiger partial charge in [-0.2, -0.15) is 0 Å². The van der Waals surface area contributed by atoms with Crippen molar-refractivity contribution in [1.82, 2.24) is 20.1 Å². The highest BCUT2D eigenvalue weighted by atomic mass is 32.1. The van der Waals surface area contributed by atoms with Crippen molar-refractivity contribution in [1.29, 1.82) is 0 Å². The van der Waals surface area contributed by atoms with Crippen LogP contribution >= 0.6 is 11.3 Å². The van der Waals surface area contributed by atoms with Crippen molar-refractivity contribution < 1.29 is 19.1 Å². The molecule has 136 valence electrons. The van der Waals surface area contributed by atoms with Crippen LogP contribution < -0.4 is 14.8 Å². The number of carbonyl (C=O) groups excluding carboxylic acids is 2. The van der Waals surface area contributed by atoms with E-state index in [2.05, 4.69) is 10.3 Å². The van der Waals surface area contributed by atoms with E-state index in [9.17, 15) is 9.59 Å². The molecule has 0 spiro atoms. The normalized spacial score (nSPS) is 15.2. The fraction of sp³-hybridized carbons (Fsp3) is 0.353. The molecule has 3 heterocycles. The minimum absolute atomic E-state index is 0.0882. The molecule has 0 unspecified atom stereocenters. The van der Waals surface area contributed by atoms with Crippen molar-refractivity contribution in [2.45, 2.75) is 6.54 Å². The van der Waals surface area contributed by atoms with E-state index in [1.54, 1.807) is 34.2 Å². The summed E-state index contributed by atoms with van der Waals surface area (Å²) in [6, 6.07) is 5.08. The predicted molar refractivity (Wildman–Crippen MR) is 94.4 cm³/mol. The minimum Gasteiger partial charge on any atom is -0.454 e. The fourth-order valence-electron chi connectivity index (χ4n) is 2.92. The second-order valence-electron chi connectivity index (χ2n) is 5.94. The van der Waals surface area contributed by atoms with E-state index in [1.807, 2.05) is 5.38 Å². The van der Waals surface area contributed by atoms with Crippen LogP contribution in [0.2, 0.25) is 0 Å². The van der Waals surface area contributed by atoms with Crippen molar-refractivity contribution in [3.05, 3.63) is 40.3 Å². The highest BCUT2D eigenvalue weighted by Crippen LogP contribution is 2.33. The SMILES string of the molecule is O=C1NCCN1CCN(Cc1nccs1)C(=O)c1ccc2c(c1)OCO2. The summed E-state index contributed by atoms with van der Waals surface area (Å²) in [4.78, 5) is 32.5. The lowest BCUT2D eigenvalue weighted by Crippen LogP contribution is -2.39. The Kier molecular flexibility index (Phi) is 4.61. The largest absolute Gasteiger partial charge is 0.454 e. The molecule has 1 fully saturated rings. The number of aromatic nitrogens is 1. The van der Waals surface area contributed by atoms with Crippen LogP contribution in [0.4, 0.5) is 4.79 Å². The highest BCUT2D eigenvalue weighted by molar-refractivity contribution is 7.09. The maximum atomic E-state index is 13.0. The maximum absolute atomic E-state index is 13.0. The Bertz CT molecular complexity index is 811. The number of thiazole rings is 1. The van der Waals surface area contributed by atoms with Crippen molar-refractivity contribution >= 4 is 23.3 Å². The maximum Gasteiger partial charge on any atom is 0.317 e. The number of carbonyl (C=O) groups is 2. The molecule has 1 saturated heterocycles. The molecule has 0 atom stereocenters. The number of fused-ring (bicyclic) bond motifs is 1. The molecule has 2 aliphatic rings. The van der Waals surface area contributed by atoms with Gasteiger partial charge < -0.3 is 24.6 Å². The van der Waals surface area contributed by atoms with Gasteiger partial charge in [-0.25, -0.2) is 9.78 Å². The van der Waals surface area contributed by atoms with Gasteiger partial charge in [0.2, 0.25) is 6.79 Å². The van der Waals surface area contributed by atoms with Crippen LogP contribution in [-0.2, 0) is 6.54 Å². The lowest BCUT2D eigenvalue weighted by atomic mass is 10.1. The zero-order valence-electron chi connectivity index (χ0n) is 14.0. The van der Waals surface area contributed by atoms with Crippen LogP contribution in [0.3, 0.4) is 0 Å². The van der Waals surface area contributed by atoms with Gasteiger partial charge in [0.05, 0.1) is 6.54 Å². The van der Waals surface area contributed by atoms with Gasteiger partial charge in [-0.3, -0.25) is 4.79 Å². The summed E-state index contributed by atoms with van der Waals surface area (Å²) in [6.45, 7) is 2.78. The first-order valence-electron chi connectivity index (χ1n) is 8.31. The number of nitrogens with zero attached hydrogens (tertiary/aromatic N) is 3. The molecule has 0 saturated carbocycles. The lowest BCUT2D eigenvalue weighted by Gasteiger charge is -2.24. The molecule has 9 heteroatoms. The number of benzene rings is 1. The van der Waals surface area contributed by atoms with Crippen LogP contribution in [-0.4, -0.2) is 59.7 Å². The molecule has 8 nitrogen and oxygen atoms in total. The molecule has 0 bridgehead atoms. The molecule has 1 N–H and O–H groups in total. The summed E-state index contributed by atoms with van der Waals surface area (Å²) < 4.78 is 10.7. The molecule has 1 aromatic heterocycles. The monoisotopic (exact) mass is 374 g/mol. The Morgan fingerprint density at radius 2 is 2.23 bits per heavy atom. The molecule has 2 aromatic rings. The molecule has 26 heavy (non-hydrogen) atoms. The van der Waals surface area contributed by atoms with E-state index in [-0.39, 0.29) is 18.7 Å². The molecule has 0 aliphatic carbocycles. The number of hydrogen-bond acceptors (Lipinski definition) is 6. The van der Waals surface area contributed by atoms with Crippen molar-refractivity contribution in [2.24, 2.45) is 0 Å². The average molecular weight is 374 g/mol. The summed E-state index contributed by atoms with van der Waals surface area (Å²) in [5.41, 5.74) is 0.525. The van der Waals surface area contributed by atoms with Gasteiger partial charge in [-0.15, -0.1) is 11.3 Å². The summed E-state index contributed by atoms with van der Waals surface area (Å²) in [5, 5.41) is 5.50. The second-order valence-corrected chi connectivity index (χ2v) is 6.92. The van der Waals surface area contributed by atoms with E-state index in [0.29, 0.717) is 49.8 Å². The van der Waals surface area contributed by atoms with Crippen molar-refractivity contribution in [2.75, 3.05) is 33.0 Å². The van der Waals surface area contributed by atoms with Crippen LogP contribution in [0.1, 0.15) is 15.4 Å². The topological polar surface area (TPSA) is 84.0 Å². The Morgan fingerprint density at radius 1 is 1.35 bits per heavy atom. The van der Waals surface area contributed by atoms with E-state index in [0.717, 1.165) is 5.01 Å². The Balaban J connectivity index is 1.51. The molecular weight excluding hydrogens is 356 g/mol. The summed E-state index contributed by atoms with van der Waals surface area (Å²) >= 11 is 1.50. The zero-order chi connectivity index (χ0) is 17.9. The van der Waals surface area contributed by atoms with Crippen LogP contribution in [0, 0.1) is 0 Å². The second kappa shape index (κ2) is 7.20. The van der Waals surface area contributed by atoms with E-state index in [4.69, 9.17) is 9.47 Å². The van der Waals surface area contributed by atoms with Gasteiger partial charge in [-0.05, 0) is 18.2 Å². The third-order valence-corrected chi connectivity index (χ3v) is 5.07. The van der Waals surface area contributed by atoms with Crippen LogP contribution in [0.25, 0.3) is 0 Å². The van der Waals surface area contributed by atoms with Crippen LogP contribution in [0.5, 0.6) is 11.5 Å². The van der Waals surface area contributed by atoms with Gasteiger partial charge in [-0.1, -0.05) is 0 Å². The Hall–Kier alpha value is -2.81. The molecule has 3 amide bonds. The zero-order valence-corrected chi connectivity index (χ0v) is 14.8. The van der Waals surface area contributed by atoms with E-state index < -0.39 is 0 Å². The van der Waals surface area contributed by atoms with Gasteiger partial charge in [0.15, 0.2) is 11.5 Å². The minimum atomic E-state index is -0.127. The van der Waals surface area contributed by atoms with E-state index in [1.165, 1.54) is 11.3 Å². The molecular formula is C17H18N4O4S. The third-order valence-electron chi connectivity index (χ3n) is 4.30. The average Bonchev–Trinajstić information content (AvgIpc) is 3.39. The lowest BCUT2D eigenvalue weighted by molar-refractivity contribution is 0.0730. The van der Waals surface area contributed by atoms with Gasteiger partial charge >= 0.3 is 6.03 Å². The number of rotatable bonds is 6. The summed E-state index contributed by atoms with van der Waals surface area (Å²) in [6.07, 6.45) is 1.72. The number of amides is 3. The first kappa shape index (κ1) is 16.6. The number of urea groups is 1. The third kappa shape index (κ3) is 3.43. The standard InChI is InChI=1S/C17H18N4O4S/c22-16(12-1-2-13-14(9-12)25-11-24-13)21(10-15-18-4-8-26-15)7-6-20-5-3-19-17(20)23/h1-2,4,8-9H,3,5-7,10-11H2,(H,19,23). The first-order valence-corrected chi connectivity index (χ1v) is 9.19. The van der Waals surface area contributed by atoms with Crippen molar-refractivity contribution in [3.8, 4) is 11.5 Å².